The fourth-order valence-corrected chi connectivity index (χ4v) is 4.04. The zero-order valence-electron chi connectivity index (χ0n) is 17.8. The number of rotatable bonds is 8. The lowest BCUT2D eigenvalue weighted by Gasteiger charge is -2.12. The Morgan fingerprint density at radius 2 is 1.79 bits per heavy atom. The topological polar surface area (TPSA) is 110 Å². The highest BCUT2D eigenvalue weighted by Gasteiger charge is 2.23. The number of tetrazole rings is 1. The molecule has 0 saturated carbocycles. The summed E-state index contributed by atoms with van der Waals surface area (Å²) in [5.74, 6) is 0.124. The van der Waals surface area contributed by atoms with Crippen molar-refractivity contribution in [2.75, 3.05) is 6.61 Å². The number of hydrogen-bond acceptors (Lipinski definition) is 8. The Kier molecular flexibility index (Phi) is 6.90. The van der Waals surface area contributed by atoms with E-state index in [0.29, 0.717) is 28.3 Å². The summed E-state index contributed by atoms with van der Waals surface area (Å²) in [6.45, 7) is 3.83. The average Bonchev–Trinajstić information content (AvgIpc) is 3.38. The van der Waals surface area contributed by atoms with Crippen molar-refractivity contribution >= 4 is 29.3 Å². The summed E-state index contributed by atoms with van der Waals surface area (Å²) >= 11 is 7.15. The maximum absolute atomic E-state index is 12.9. The Morgan fingerprint density at radius 1 is 1.06 bits per heavy atom. The van der Waals surface area contributed by atoms with Crippen LogP contribution >= 0.6 is 23.4 Å². The molecule has 12 heteroatoms. The molecule has 0 radical (unpaired) electrons. The average molecular weight is 486 g/mol. The van der Waals surface area contributed by atoms with E-state index in [9.17, 15) is 9.59 Å². The summed E-state index contributed by atoms with van der Waals surface area (Å²) in [7, 11) is 0. The summed E-state index contributed by atoms with van der Waals surface area (Å²) in [6.07, 6.45) is 0. The second kappa shape index (κ2) is 10.0. The van der Waals surface area contributed by atoms with Crippen LogP contribution in [0, 0.1) is 0 Å². The number of carbonyl (C=O) groups excluding carboxylic acids is 1. The first-order chi connectivity index (χ1) is 16.0. The number of hydrogen-bond donors (Lipinski definition) is 0. The predicted octanol–water partition coefficient (Wildman–Crippen LogP) is 2.76. The lowest BCUT2D eigenvalue weighted by atomic mass is 10.3. The van der Waals surface area contributed by atoms with Gasteiger partial charge in [-0.05, 0) is 60.7 Å². The first kappa shape index (κ1) is 22.7. The molecule has 2 aromatic heterocycles. The van der Waals surface area contributed by atoms with Crippen LogP contribution in [0.5, 0.6) is 0 Å². The SMILES string of the molecule is CCOC(=O)C(C)Sc1nnc(Cn2nnn(-c3ccc(Cl)cc3)c2=O)n1-c1ccccc1. The van der Waals surface area contributed by atoms with Crippen molar-refractivity contribution in [2.24, 2.45) is 0 Å². The molecule has 0 aliphatic carbocycles. The summed E-state index contributed by atoms with van der Waals surface area (Å²) in [4.78, 5) is 25.0. The molecular formula is C21H20ClN7O3S. The van der Waals surface area contributed by atoms with Gasteiger partial charge in [-0.2, -0.15) is 9.36 Å². The third kappa shape index (κ3) is 4.99. The van der Waals surface area contributed by atoms with Crippen LogP contribution in [0.4, 0.5) is 0 Å². The van der Waals surface area contributed by atoms with Crippen LogP contribution in [0.25, 0.3) is 11.4 Å². The molecule has 0 spiro atoms. The Bertz CT molecular complexity index is 1300. The van der Waals surface area contributed by atoms with Crippen molar-refractivity contribution in [3.63, 3.8) is 0 Å². The third-order valence-electron chi connectivity index (χ3n) is 4.62. The van der Waals surface area contributed by atoms with Crippen LogP contribution in [0.2, 0.25) is 5.02 Å². The van der Waals surface area contributed by atoms with Crippen molar-refractivity contribution in [1.29, 1.82) is 0 Å². The maximum atomic E-state index is 12.9. The van der Waals surface area contributed by atoms with E-state index in [1.54, 1.807) is 42.7 Å². The van der Waals surface area contributed by atoms with Gasteiger partial charge in [-0.1, -0.05) is 41.6 Å². The number of nitrogens with zero attached hydrogens (tertiary/aromatic N) is 7. The van der Waals surface area contributed by atoms with Gasteiger partial charge >= 0.3 is 11.7 Å². The number of thioether (sulfide) groups is 1. The number of aromatic nitrogens is 7. The van der Waals surface area contributed by atoms with Crippen LogP contribution in [-0.2, 0) is 16.1 Å². The number of halogens is 1. The minimum Gasteiger partial charge on any atom is -0.465 e. The molecule has 4 aromatic rings. The molecule has 33 heavy (non-hydrogen) atoms. The highest BCUT2D eigenvalue weighted by molar-refractivity contribution is 8.00. The van der Waals surface area contributed by atoms with Crippen LogP contribution < -0.4 is 5.69 Å². The molecule has 0 aliphatic rings. The molecule has 2 heterocycles. The number of esters is 1. The molecule has 0 amide bonds. The molecule has 1 atom stereocenters. The van der Waals surface area contributed by atoms with Crippen LogP contribution in [0.3, 0.4) is 0 Å². The molecule has 0 N–H and O–H groups in total. The second-order valence-corrected chi connectivity index (χ2v) is 8.63. The van der Waals surface area contributed by atoms with Crippen molar-refractivity contribution in [1.82, 2.24) is 34.6 Å². The largest absolute Gasteiger partial charge is 0.465 e. The molecule has 0 aliphatic heterocycles. The Balaban J connectivity index is 1.67. The van der Waals surface area contributed by atoms with Crippen molar-refractivity contribution in [3.8, 4) is 11.4 Å². The van der Waals surface area contributed by atoms with E-state index in [1.165, 1.54) is 21.1 Å². The number of carbonyl (C=O) groups is 1. The lowest BCUT2D eigenvalue weighted by molar-refractivity contribution is -0.142. The second-order valence-electron chi connectivity index (χ2n) is 6.89. The van der Waals surface area contributed by atoms with Gasteiger partial charge < -0.3 is 4.74 Å². The molecule has 0 bridgehead atoms. The minimum absolute atomic E-state index is 0.0304. The van der Waals surface area contributed by atoms with E-state index in [1.807, 2.05) is 30.3 Å². The summed E-state index contributed by atoms with van der Waals surface area (Å²) in [6, 6.07) is 16.1. The van der Waals surface area contributed by atoms with Gasteiger partial charge in [0.15, 0.2) is 11.0 Å². The zero-order chi connectivity index (χ0) is 23.4. The Hall–Kier alpha value is -3.44. The number of para-hydroxylation sites is 1. The summed E-state index contributed by atoms with van der Waals surface area (Å²) < 4.78 is 9.26. The van der Waals surface area contributed by atoms with E-state index in [0.717, 1.165) is 5.69 Å². The van der Waals surface area contributed by atoms with Gasteiger partial charge in [0.1, 0.15) is 11.8 Å². The fourth-order valence-electron chi connectivity index (χ4n) is 3.03. The van der Waals surface area contributed by atoms with Crippen LogP contribution in [0.1, 0.15) is 19.7 Å². The maximum Gasteiger partial charge on any atom is 0.368 e. The Morgan fingerprint density at radius 3 is 2.48 bits per heavy atom. The van der Waals surface area contributed by atoms with E-state index in [2.05, 4.69) is 20.6 Å². The zero-order valence-corrected chi connectivity index (χ0v) is 19.4. The van der Waals surface area contributed by atoms with Crippen molar-refractivity contribution in [2.45, 2.75) is 30.8 Å². The smallest absolute Gasteiger partial charge is 0.368 e. The number of benzene rings is 2. The van der Waals surface area contributed by atoms with Gasteiger partial charge in [-0.25, -0.2) is 4.79 Å². The normalized spacial score (nSPS) is 12.0. The van der Waals surface area contributed by atoms with E-state index < -0.39 is 10.9 Å². The van der Waals surface area contributed by atoms with E-state index in [4.69, 9.17) is 16.3 Å². The lowest BCUT2D eigenvalue weighted by Crippen LogP contribution is -2.26. The molecule has 1 unspecified atom stereocenters. The molecule has 0 fully saturated rings. The van der Waals surface area contributed by atoms with Gasteiger partial charge in [-0.15, -0.1) is 10.2 Å². The van der Waals surface area contributed by atoms with E-state index in [-0.39, 0.29) is 12.5 Å². The predicted molar refractivity (Wildman–Crippen MR) is 123 cm³/mol. The summed E-state index contributed by atoms with van der Waals surface area (Å²) in [5, 5.41) is 17.0. The monoisotopic (exact) mass is 485 g/mol. The molecule has 4 rings (SSSR count). The molecular weight excluding hydrogens is 466 g/mol. The number of ether oxygens (including phenoxy) is 1. The van der Waals surface area contributed by atoms with Gasteiger partial charge in [0.05, 0.1) is 12.3 Å². The molecule has 10 nitrogen and oxygen atoms in total. The van der Waals surface area contributed by atoms with Crippen LogP contribution in [-0.4, -0.2) is 52.4 Å². The highest BCUT2D eigenvalue weighted by atomic mass is 35.5. The Labute approximate surface area is 198 Å². The summed E-state index contributed by atoms with van der Waals surface area (Å²) in [5.41, 5.74) is 0.892. The first-order valence-electron chi connectivity index (χ1n) is 10.1. The van der Waals surface area contributed by atoms with Crippen molar-refractivity contribution in [3.05, 3.63) is 75.9 Å². The van der Waals surface area contributed by atoms with Crippen LogP contribution in [0.15, 0.2) is 64.5 Å². The van der Waals surface area contributed by atoms with Gasteiger partial charge in [0, 0.05) is 10.7 Å². The standard InChI is InChI=1S/C21H20ClN7O3S/c1-3-32-19(30)14(2)33-20-24-23-18(28(20)16-7-5-4-6-8-16)13-27-21(31)29(26-25-27)17-11-9-15(22)10-12-17/h4-12,14H,3,13H2,1-2H3. The molecule has 170 valence electrons. The molecule has 0 saturated heterocycles. The van der Waals surface area contributed by atoms with Crippen molar-refractivity contribution < 1.29 is 9.53 Å². The first-order valence-corrected chi connectivity index (χ1v) is 11.4. The molecule has 2 aromatic carbocycles. The van der Waals surface area contributed by atoms with E-state index >= 15 is 0 Å². The van der Waals surface area contributed by atoms with Gasteiger partial charge in [-0.3, -0.25) is 9.36 Å². The highest BCUT2D eigenvalue weighted by Crippen LogP contribution is 2.26. The third-order valence-corrected chi connectivity index (χ3v) is 5.89. The minimum atomic E-state index is -0.488. The van der Waals surface area contributed by atoms with Gasteiger partial charge in [0.2, 0.25) is 0 Å². The fraction of sp³-hybridized carbons (Fsp3) is 0.238. The van der Waals surface area contributed by atoms with Gasteiger partial charge in [0.25, 0.3) is 0 Å². The quantitative estimate of drug-likeness (QED) is 0.277.